The predicted octanol–water partition coefficient (Wildman–Crippen LogP) is 3.86. The quantitative estimate of drug-likeness (QED) is 0.681. The van der Waals surface area contributed by atoms with Crippen molar-refractivity contribution in [3.8, 4) is 0 Å². The van der Waals surface area contributed by atoms with Crippen molar-refractivity contribution < 1.29 is 5.11 Å². The lowest BCUT2D eigenvalue weighted by atomic mass is 9.77. The van der Waals surface area contributed by atoms with Crippen molar-refractivity contribution >= 4 is 0 Å². The van der Waals surface area contributed by atoms with Gasteiger partial charge in [-0.05, 0) is 29.6 Å². The van der Waals surface area contributed by atoms with Crippen LogP contribution in [-0.4, -0.2) is 11.2 Å². The highest BCUT2D eigenvalue weighted by Gasteiger charge is 2.51. The second-order valence-electron chi connectivity index (χ2n) is 5.34. The maximum absolute atomic E-state index is 10.1. The standard InChI is InChI=1S/C11H22O.C2H6/c1-6-11(5)7-8(2)10(3,4)9(11)12;1-2/h8-9,12H,6-7H2,1-5H3;1-2H3/t8?,9-,11+;/m0./s1. The SMILES string of the molecule is CC.CC[C@]1(C)CC(C)C(C)(C)[C@@H]1O. The third-order valence-corrected chi connectivity index (χ3v) is 4.22. The summed E-state index contributed by atoms with van der Waals surface area (Å²) in [5, 5.41) is 10.1. The smallest absolute Gasteiger partial charge is 0.0647 e. The van der Waals surface area contributed by atoms with Crippen LogP contribution in [0, 0.1) is 16.7 Å². The van der Waals surface area contributed by atoms with Gasteiger partial charge in [-0.15, -0.1) is 0 Å². The monoisotopic (exact) mass is 200 g/mol. The Morgan fingerprint density at radius 1 is 1.21 bits per heavy atom. The van der Waals surface area contributed by atoms with E-state index in [-0.39, 0.29) is 16.9 Å². The molecular formula is C13H28O. The fourth-order valence-corrected chi connectivity index (χ4v) is 2.58. The highest BCUT2D eigenvalue weighted by Crippen LogP contribution is 2.54. The summed E-state index contributed by atoms with van der Waals surface area (Å²) < 4.78 is 0. The van der Waals surface area contributed by atoms with Gasteiger partial charge in [0.15, 0.2) is 0 Å². The molecule has 0 amide bonds. The van der Waals surface area contributed by atoms with Crippen molar-refractivity contribution in [1.29, 1.82) is 0 Å². The molecule has 1 rings (SSSR count). The van der Waals surface area contributed by atoms with E-state index in [1.807, 2.05) is 13.8 Å². The van der Waals surface area contributed by atoms with Gasteiger partial charge in [0, 0.05) is 0 Å². The summed E-state index contributed by atoms with van der Waals surface area (Å²) in [6, 6.07) is 0. The maximum atomic E-state index is 10.1. The molecule has 1 N–H and O–H groups in total. The molecule has 1 saturated carbocycles. The topological polar surface area (TPSA) is 20.2 Å². The van der Waals surface area contributed by atoms with Crippen molar-refractivity contribution in [1.82, 2.24) is 0 Å². The minimum atomic E-state index is -0.134. The summed E-state index contributed by atoms with van der Waals surface area (Å²) >= 11 is 0. The van der Waals surface area contributed by atoms with Crippen LogP contribution in [0.4, 0.5) is 0 Å². The maximum Gasteiger partial charge on any atom is 0.0647 e. The third-order valence-electron chi connectivity index (χ3n) is 4.22. The molecule has 0 aliphatic heterocycles. The molecule has 1 heteroatoms. The predicted molar refractivity (Wildman–Crippen MR) is 63.3 cm³/mol. The van der Waals surface area contributed by atoms with Gasteiger partial charge < -0.3 is 5.11 Å². The lowest BCUT2D eigenvalue weighted by Crippen LogP contribution is -2.35. The lowest BCUT2D eigenvalue weighted by molar-refractivity contribution is -0.00818. The summed E-state index contributed by atoms with van der Waals surface area (Å²) in [7, 11) is 0. The molecule has 0 heterocycles. The first-order valence-corrected chi connectivity index (χ1v) is 6.02. The van der Waals surface area contributed by atoms with Gasteiger partial charge in [-0.2, -0.15) is 0 Å². The Kier molecular flexibility index (Phi) is 4.64. The van der Waals surface area contributed by atoms with Crippen LogP contribution in [0.3, 0.4) is 0 Å². The minimum absolute atomic E-state index is 0.102. The van der Waals surface area contributed by atoms with E-state index in [0.29, 0.717) is 5.92 Å². The van der Waals surface area contributed by atoms with Gasteiger partial charge in [0.1, 0.15) is 0 Å². The summed E-state index contributed by atoms with van der Waals surface area (Å²) in [4.78, 5) is 0. The zero-order valence-corrected chi connectivity index (χ0v) is 11.0. The van der Waals surface area contributed by atoms with Gasteiger partial charge in [-0.1, -0.05) is 48.5 Å². The largest absolute Gasteiger partial charge is 0.392 e. The minimum Gasteiger partial charge on any atom is -0.392 e. The molecule has 1 aliphatic carbocycles. The number of hydrogen-bond donors (Lipinski definition) is 1. The van der Waals surface area contributed by atoms with E-state index in [2.05, 4.69) is 34.6 Å². The Morgan fingerprint density at radius 2 is 1.64 bits per heavy atom. The van der Waals surface area contributed by atoms with E-state index in [0.717, 1.165) is 12.8 Å². The zero-order chi connectivity index (χ0) is 11.6. The normalized spacial score (nSPS) is 40.3. The molecule has 14 heavy (non-hydrogen) atoms. The molecule has 0 radical (unpaired) electrons. The van der Waals surface area contributed by atoms with Crippen molar-refractivity contribution in [3.05, 3.63) is 0 Å². The molecule has 1 aliphatic rings. The molecule has 0 saturated heterocycles. The van der Waals surface area contributed by atoms with Crippen LogP contribution < -0.4 is 0 Å². The number of rotatable bonds is 1. The first kappa shape index (κ1) is 14.0. The second kappa shape index (κ2) is 4.65. The molecule has 0 aromatic heterocycles. The zero-order valence-electron chi connectivity index (χ0n) is 11.0. The van der Waals surface area contributed by atoms with E-state index in [1.165, 1.54) is 0 Å². The van der Waals surface area contributed by atoms with Crippen LogP contribution in [0.1, 0.15) is 61.3 Å². The van der Waals surface area contributed by atoms with Gasteiger partial charge >= 0.3 is 0 Å². The summed E-state index contributed by atoms with van der Waals surface area (Å²) in [6.07, 6.45) is 2.12. The van der Waals surface area contributed by atoms with Crippen LogP contribution in [0.5, 0.6) is 0 Å². The number of hydrogen-bond acceptors (Lipinski definition) is 1. The van der Waals surface area contributed by atoms with Crippen molar-refractivity contribution in [2.24, 2.45) is 16.7 Å². The van der Waals surface area contributed by atoms with Gasteiger partial charge in [0.05, 0.1) is 6.10 Å². The van der Waals surface area contributed by atoms with Gasteiger partial charge in [0.2, 0.25) is 0 Å². The Bertz CT molecular complexity index is 174. The van der Waals surface area contributed by atoms with Crippen LogP contribution in [0.25, 0.3) is 0 Å². The van der Waals surface area contributed by atoms with Crippen molar-refractivity contribution in [3.63, 3.8) is 0 Å². The van der Waals surface area contributed by atoms with Crippen molar-refractivity contribution in [2.75, 3.05) is 0 Å². The molecule has 86 valence electrons. The molecule has 0 aromatic rings. The Labute approximate surface area is 89.9 Å². The molecule has 0 spiro atoms. The molecule has 0 bridgehead atoms. The highest BCUT2D eigenvalue weighted by atomic mass is 16.3. The fraction of sp³-hybridized carbons (Fsp3) is 1.00. The Morgan fingerprint density at radius 3 is 1.79 bits per heavy atom. The first-order chi connectivity index (χ1) is 6.34. The number of aliphatic hydroxyl groups is 1. The van der Waals surface area contributed by atoms with E-state index in [4.69, 9.17) is 0 Å². The van der Waals surface area contributed by atoms with Gasteiger partial charge in [-0.3, -0.25) is 0 Å². The van der Waals surface area contributed by atoms with Crippen LogP contribution in [0.2, 0.25) is 0 Å². The molecule has 1 nitrogen and oxygen atoms in total. The van der Waals surface area contributed by atoms with E-state index < -0.39 is 0 Å². The summed E-state index contributed by atoms with van der Waals surface area (Å²) in [6.45, 7) is 15.0. The molecule has 1 fully saturated rings. The van der Waals surface area contributed by atoms with E-state index in [1.54, 1.807) is 0 Å². The van der Waals surface area contributed by atoms with E-state index in [9.17, 15) is 5.11 Å². The van der Waals surface area contributed by atoms with Gasteiger partial charge in [-0.25, -0.2) is 0 Å². The average Bonchev–Trinajstić information content (AvgIpc) is 2.32. The van der Waals surface area contributed by atoms with Crippen LogP contribution >= 0.6 is 0 Å². The lowest BCUT2D eigenvalue weighted by Gasteiger charge is -2.33. The van der Waals surface area contributed by atoms with Crippen molar-refractivity contribution in [2.45, 2.75) is 67.4 Å². The molecule has 1 unspecified atom stereocenters. The van der Waals surface area contributed by atoms with E-state index >= 15 is 0 Å². The molecule has 0 aromatic carbocycles. The Hall–Kier alpha value is -0.0400. The van der Waals surface area contributed by atoms with Gasteiger partial charge in [0.25, 0.3) is 0 Å². The molecular weight excluding hydrogens is 172 g/mol. The average molecular weight is 200 g/mol. The highest BCUT2D eigenvalue weighted by molar-refractivity contribution is 5.01. The first-order valence-electron chi connectivity index (χ1n) is 6.02. The second-order valence-corrected chi connectivity index (χ2v) is 5.34. The Balaban J connectivity index is 0.000000791. The third kappa shape index (κ3) is 2.13. The fourth-order valence-electron chi connectivity index (χ4n) is 2.58. The summed E-state index contributed by atoms with van der Waals surface area (Å²) in [5.41, 5.74) is 0.258. The van der Waals surface area contributed by atoms with Crippen LogP contribution in [-0.2, 0) is 0 Å². The number of aliphatic hydroxyl groups excluding tert-OH is 1. The van der Waals surface area contributed by atoms with Crippen LogP contribution in [0.15, 0.2) is 0 Å². The summed E-state index contributed by atoms with van der Waals surface area (Å²) in [5.74, 6) is 0.637. The molecule has 3 atom stereocenters.